The van der Waals surface area contributed by atoms with Crippen molar-refractivity contribution in [1.29, 1.82) is 0 Å². The number of rotatable bonds is 6. The number of aromatic nitrogens is 1. The third kappa shape index (κ3) is 3.67. The second-order valence-electron chi connectivity index (χ2n) is 6.72. The lowest BCUT2D eigenvalue weighted by Crippen LogP contribution is -2.22. The summed E-state index contributed by atoms with van der Waals surface area (Å²) >= 11 is 0. The maximum Gasteiger partial charge on any atom is 0.437 e. The number of para-hydroxylation sites is 1. The molecule has 0 unspecified atom stereocenters. The SMILES string of the molecule is Cc1[nH]c(/C=C2\C(=O)N(P(=O)(O)O)c3ccccc32)c(C)c1CCCC(=O)O. The molecular weight excluding hydrogens is 383 g/mol. The van der Waals surface area contributed by atoms with E-state index in [2.05, 4.69) is 4.98 Å². The summed E-state index contributed by atoms with van der Waals surface area (Å²) < 4.78 is 12.3. The van der Waals surface area contributed by atoms with Gasteiger partial charge >= 0.3 is 13.7 Å². The Morgan fingerprint density at radius 2 is 1.93 bits per heavy atom. The van der Waals surface area contributed by atoms with Crippen molar-refractivity contribution in [2.75, 3.05) is 4.67 Å². The van der Waals surface area contributed by atoms with Gasteiger partial charge in [0.25, 0.3) is 5.91 Å². The van der Waals surface area contributed by atoms with Crippen molar-refractivity contribution in [3.63, 3.8) is 0 Å². The summed E-state index contributed by atoms with van der Waals surface area (Å²) in [5.74, 6) is -1.60. The van der Waals surface area contributed by atoms with E-state index in [1.807, 2.05) is 13.8 Å². The quantitative estimate of drug-likeness (QED) is 0.432. The van der Waals surface area contributed by atoms with Crippen molar-refractivity contribution in [3.8, 4) is 0 Å². The number of anilines is 1. The van der Waals surface area contributed by atoms with Crippen molar-refractivity contribution < 1.29 is 29.0 Å². The number of carboxylic acid groups (broad SMARTS) is 1. The molecule has 1 aromatic carbocycles. The molecule has 3 rings (SSSR count). The van der Waals surface area contributed by atoms with E-state index in [0.717, 1.165) is 16.8 Å². The molecule has 0 saturated heterocycles. The minimum Gasteiger partial charge on any atom is -0.481 e. The molecule has 1 amide bonds. The third-order valence-electron chi connectivity index (χ3n) is 4.84. The fourth-order valence-electron chi connectivity index (χ4n) is 3.52. The Balaban J connectivity index is 2.01. The Morgan fingerprint density at radius 1 is 1.25 bits per heavy atom. The first-order valence-corrected chi connectivity index (χ1v) is 10.3. The van der Waals surface area contributed by atoms with Crippen LogP contribution >= 0.6 is 7.75 Å². The summed E-state index contributed by atoms with van der Waals surface area (Å²) in [6.07, 6.45) is 2.75. The summed E-state index contributed by atoms with van der Waals surface area (Å²) in [6, 6.07) is 6.46. The second-order valence-corrected chi connectivity index (χ2v) is 8.15. The monoisotopic (exact) mass is 404 g/mol. The maximum atomic E-state index is 12.7. The van der Waals surface area contributed by atoms with Gasteiger partial charge in [-0.15, -0.1) is 0 Å². The summed E-state index contributed by atoms with van der Waals surface area (Å²) in [5, 5.41) is 8.81. The predicted octanol–water partition coefficient (Wildman–Crippen LogP) is 3.02. The molecule has 28 heavy (non-hydrogen) atoms. The van der Waals surface area contributed by atoms with E-state index in [9.17, 15) is 23.9 Å². The Bertz CT molecular complexity index is 1030. The number of hydrogen-bond acceptors (Lipinski definition) is 3. The van der Waals surface area contributed by atoms with Crippen LogP contribution in [0.1, 0.15) is 40.9 Å². The van der Waals surface area contributed by atoms with E-state index in [1.54, 1.807) is 24.3 Å². The van der Waals surface area contributed by atoms with Crippen LogP contribution < -0.4 is 4.67 Å². The first-order valence-electron chi connectivity index (χ1n) is 8.72. The van der Waals surface area contributed by atoms with E-state index >= 15 is 0 Å². The van der Waals surface area contributed by atoms with Gasteiger partial charge in [0, 0.05) is 23.4 Å². The van der Waals surface area contributed by atoms with Gasteiger partial charge in [0.05, 0.1) is 11.3 Å². The van der Waals surface area contributed by atoms with E-state index in [1.165, 1.54) is 6.07 Å². The fourth-order valence-corrected chi connectivity index (χ4v) is 4.32. The van der Waals surface area contributed by atoms with Crippen LogP contribution in [0.3, 0.4) is 0 Å². The normalized spacial score (nSPS) is 15.4. The average molecular weight is 404 g/mol. The molecule has 1 aromatic heterocycles. The molecule has 148 valence electrons. The van der Waals surface area contributed by atoms with Crippen molar-refractivity contribution >= 4 is 37.0 Å². The van der Waals surface area contributed by atoms with Gasteiger partial charge in [-0.25, -0.2) is 9.24 Å². The summed E-state index contributed by atoms with van der Waals surface area (Å²) in [4.78, 5) is 45.9. The number of carbonyl (C=O) groups excluding carboxylic acids is 1. The van der Waals surface area contributed by atoms with Crippen LogP contribution in [-0.4, -0.2) is 31.8 Å². The molecule has 0 fully saturated rings. The lowest BCUT2D eigenvalue weighted by molar-refractivity contribution is -0.137. The molecule has 2 heterocycles. The van der Waals surface area contributed by atoms with E-state index < -0.39 is 19.6 Å². The second kappa shape index (κ2) is 7.39. The smallest absolute Gasteiger partial charge is 0.437 e. The van der Waals surface area contributed by atoms with Crippen LogP contribution in [-0.2, 0) is 20.6 Å². The number of aromatic amines is 1. The van der Waals surface area contributed by atoms with Crippen LogP contribution in [0, 0.1) is 13.8 Å². The highest BCUT2D eigenvalue weighted by molar-refractivity contribution is 7.55. The number of carboxylic acids is 1. The van der Waals surface area contributed by atoms with Gasteiger partial charge in [-0.1, -0.05) is 18.2 Å². The van der Waals surface area contributed by atoms with Crippen LogP contribution in [0.15, 0.2) is 24.3 Å². The number of benzene rings is 1. The maximum absolute atomic E-state index is 12.7. The molecule has 0 spiro atoms. The van der Waals surface area contributed by atoms with Gasteiger partial charge in [0.2, 0.25) is 0 Å². The highest BCUT2D eigenvalue weighted by Gasteiger charge is 2.42. The van der Waals surface area contributed by atoms with Crippen LogP contribution in [0.4, 0.5) is 5.69 Å². The lowest BCUT2D eigenvalue weighted by Gasteiger charge is -2.17. The summed E-state index contributed by atoms with van der Waals surface area (Å²) in [7, 11) is -4.81. The molecule has 0 radical (unpaired) electrons. The van der Waals surface area contributed by atoms with Gasteiger partial charge in [-0.05, 0) is 50.0 Å². The molecule has 8 nitrogen and oxygen atoms in total. The molecule has 1 aliphatic rings. The highest BCUT2D eigenvalue weighted by Crippen LogP contribution is 2.52. The van der Waals surface area contributed by atoms with E-state index in [-0.39, 0.29) is 17.7 Å². The molecule has 4 N–H and O–H groups in total. The Labute approximate surface area is 161 Å². The van der Waals surface area contributed by atoms with Gasteiger partial charge in [-0.2, -0.15) is 0 Å². The zero-order valence-electron chi connectivity index (χ0n) is 15.5. The number of carbonyl (C=O) groups is 2. The van der Waals surface area contributed by atoms with Crippen LogP contribution in [0.25, 0.3) is 11.6 Å². The lowest BCUT2D eigenvalue weighted by atomic mass is 10.0. The molecule has 0 atom stereocenters. The van der Waals surface area contributed by atoms with E-state index in [4.69, 9.17) is 5.11 Å². The molecule has 2 aromatic rings. The van der Waals surface area contributed by atoms with Gasteiger partial charge < -0.3 is 19.9 Å². The number of hydrogen-bond donors (Lipinski definition) is 4. The molecule has 0 aliphatic carbocycles. The number of nitrogens with zero attached hydrogens (tertiary/aromatic N) is 1. The van der Waals surface area contributed by atoms with Gasteiger partial charge in [0.1, 0.15) is 0 Å². The number of aryl methyl sites for hydroxylation is 1. The minimum atomic E-state index is -4.81. The fraction of sp³-hybridized carbons (Fsp3) is 0.263. The molecular formula is C19H21N2O6P. The third-order valence-corrected chi connectivity index (χ3v) is 5.76. The van der Waals surface area contributed by atoms with Crippen molar-refractivity contribution in [2.45, 2.75) is 33.1 Å². The number of H-pyrrole nitrogens is 1. The largest absolute Gasteiger partial charge is 0.481 e. The number of fused-ring (bicyclic) bond motifs is 1. The Kier molecular flexibility index (Phi) is 5.30. The molecule has 0 saturated carbocycles. The summed E-state index contributed by atoms with van der Waals surface area (Å²) in [5.41, 5.74) is 4.23. The number of nitrogens with one attached hydrogen (secondary N) is 1. The van der Waals surface area contributed by atoms with Crippen LogP contribution in [0.2, 0.25) is 0 Å². The first-order chi connectivity index (χ1) is 13.1. The van der Waals surface area contributed by atoms with E-state index in [0.29, 0.717) is 28.8 Å². The summed E-state index contributed by atoms with van der Waals surface area (Å²) in [6.45, 7) is 3.75. The Morgan fingerprint density at radius 3 is 2.57 bits per heavy atom. The van der Waals surface area contributed by atoms with Crippen molar-refractivity contribution in [1.82, 2.24) is 4.98 Å². The molecule has 1 aliphatic heterocycles. The van der Waals surface area contributed by atoms with Gasteiger partial charge in [0.15, 0.2) is 0 Å². The zero-order valence-corrected chi connectivity index (χ0v) is 16.4. The standard InChI is InChI=1S/C19H21N2O6P/c1-11-13(7-5-9-18(22)23)12(2)20-16(11)10-15-14-6-3-4-8-17(14)21(19(15)24)28(25,26)27/h3-4,6,8,10,20H,5,7,9H2,1-2H3,(H,22,23)(H2,25,26,27)/b15-10-. The number of amides is 1. The Hall–Kier alpha value is -2.67. The number of aliphatic carboxylic acids is 1. The molecule has 0 bridgehead atoms. The van der Waals surface area contributed by atoms with Gasteiger partial charge in [-0.3, -0.25) is 9.59 Å². The van der Waals surface area contributed by atoms with Crippen molar-refractivity contribution in [3.05, 3.63) is 52.3 Å². The zero-order chi connectivity index (χ0) is 20.6. The topological polar surface area (TPSA) is 131 Å². The minimum absolute atomic E-state index is 0.0730. The molecule has 9 heteroatoms. The average Bonchev–Trinajstić information content (AvgIpc) is 3.03. The highest BCUT2D eigenvalue weighted by atomic mass is 31.2. The predicted molar refractivity (Wildman–Crippen MR) is 105 cm³/mol. The van der Waals surface area contributed by atoms with Crippen LogP contribution in [0.5, 0.6) is 0 Å². The van der Waals surface area contributed by atoms with Crippen molar-refractivity contribution in [2.24, 2.45) is 0 Å². The first kappa shape index (κ1) is 20.1.